The monoisotopic (exact) mass is 254 g/mol. The van der Waals surface area contributed by atoms with Crippen LogP contribution in [-0.4, -0.2) is 11.5 Å². The molecular weight excluding hydrogens is 232 g/mol. The van der Waals surface area contributed by atoms with Gasteiger partial charge >= 0.3 is 0 Å². The van der Waals surface area contributed by atoms with Crippen molar-refractivity contribution in [2.45, 2.75) is 33.2 Å². The third kappa shape index (κ3) is 3.42. The average molecular weight is 254 g/mol. The number of nitrogens with one attached hydrogen (secondary N) is 1. The molecular formula is C17H22N2. The third-order valence-electron chi connectivity index (χ3n) is 3.52. The second-order valence-corrected chi connectivity index (χ2v) is 4.95. The summed E-state index contributed by atoms with van der Waals surface area (Å²) in [6.07, 6.45) is 2.86. The Bertz CT molecular complexity index is 534. The van der Waals surface area contributed by atoms with E-state index in [1.807, 2.05) is 12.3 Å². The summed E-state index contributed by atoms with van der Waals surface area (Å²) in [7, 11) is 0. The van der Waals surface area contributed by atoms with E-state index in [1.165, 1.54) is 16.7 Å². The quantitative estimate of drug-likeness (QED) is 0.882. The van der Waals surface area contributed by atoms with Crippen LogP contribution in [0.2, 0.25) is 0 Å². The molecule has 2 rings (SSSR count). The Morgan fingerprint density at radius 1 is 1.05 bits per heavy atom. The summed E-state index contributed by atoms with van der Waals surface area (Å²) in [5.41, 5.74) is 5.15. The first kappa shape index (κ1) is 13.8. The number of aromatic nitrogens is 1. The second-order valence-electron chi connectivity index (χ2n) is 4.95. The van der Waals surface area contributed by atoms with Crippen LogP contribution in [0.25, 0.3) is 0 Å². The van der Waals surface area contributed by atoms with Gasteiger partial charge in [-0.15, -0.1) is 0 Å². The van der Waals surface area contributed by atoms with Gasteiger partial charge in [0.1, 0.15) is 0 Å². The number of hydrogen-bond donors (Lipinski definition) is 1. The largest absolute Gasteiger partial charge is 0.309 e. The average Bonchev–Trinajstić information content (AvgIpc) is 2.41. The second kappa shape index (κ2) is 6.48. The van der Waals surface area contributed by atoms with E-state index in [0.717, 1.165) is 18.7 Å². The molecule has 0 spiro atoms. The van der Waals surface area contributed by atoms with E-state index in [-0.39, 0.29) is 6.04 Å². The topological polar surface area (TPSA) is 24.9 Å². The molecule has 0 amide bonds. The Balaban J connectivity index is 2.27. The molecule has 0 aliphatic heterocycles. The van der Waals surface area contributed by atoms with Crippen molar-refractivity contribution in [1.29, 1.82) is 0 Å². The van der Waals surface area contributed by atoms with Gasteiger partial charge in [-0.3, -0.25) is 4.98 Å². The molecule has 0 bridgehead atoms. The molecule has 1 N–H and O–H groups in total. The number of rotatable bonds is 5. The number of benzene rings is 1. The molecule has 0 aliphatic rings. The van der Waals surface area contributed by atoms with Gasteiger partial charge in [0.15, 0.2) is 0 Å². The third-order valence-corrected chi connectivity index (χ3v) is 3.52. The fraction of sp³-hybridized carbons (Fsp3) is 0.353. The predicted octanol–water partition coefficient (Wildman–Crippen LogP) is 3.59. The molecule has 19 heavy (non-hydrogen) atoms. The highest BCUT2D eigenvalue weighted by Crippen LogP contribution is 2.21. The van der Waals surface area contributed by atoms with E-state index in [0.29, 0.717) is 0 Å². The van der Waals surface area contributed by atoms with Crippen LogP contribution >= 0.6 is 0 Å². The molecule has 2 nitrogen and oxygen atoms in total. The lowest BCUT2D eigenvalue weighted by atomic mass is 9.97. The number of pyridine rings is 1. The van der Waals surface area contributed by atoms with Crippen molar-refractivity contribution in [2.75, 3.05) is 6.54 Å². The molecule has 0 radical (unpaired) electrons. The van der Waals surface area contributed by atoms with E-state index >= 15 is 0 Å². The summed E-state index contributed by atoms with van der Waals surface area (Å²) in [6, 6.07) is 13.0. The lowest BCUT2D eigenvalue weighted by molar-refractivity contribution is 0.533. The van der Waals surface area contributed by atoms with Gasteiger partial charge in [0.2, 0.25) is 0 Å². The van der Waals surface area contributed by atoms with E-state index in [2.05, 4.69) is 61.4 Å². The highest BCUT2D eigenvalue weighted by atomic mass is 14.9. The maximum Gasteiger partial charge on any atom is 0.0605 e. The van der Waals surface area contributed by atoms with Gasteiger partial charge in [0.05, 0.1) is 11.7 Å². The van der Waals surface area contributed by atoms with Crippen molar-refractivity contribution < 1.29 is 0 Å². The summed E-state index contributed by atoms with van der Waals surface area (Å²) in [4.78, 5) is 4.56. The molecule has 1 atom stereocenters. The molecule has 1 heterocycles. The first-order chi connectivity index (χ1) is 9.22. The highest BCUT2D eigenvalue weighted by Gasteiger charge is 2.15. The van der Waals surface area contributed by atoms with Crippen molar-refractivity contribution >= 4 is 0 Å². The summed E-state index contributed by atoms with van der Waals surface area (Å²) in [6.45, 7) is 7.39. The molecule has 1 aromatic carbocycles. The zero-order valence-electron chi connectivity index (χ0n) is 12.0. The first-order valence-electron chi connectivity index (χ1n) is 6.91. The zero-order chi connectivity index (χ0) is 13.7. The molecule has 1 unspecified atom stereocenters. The summed E-state index contributed by atoms with van der Waals surface area (Å²) in [5.74, 6) is 0. The van der Waals surface area contributed by atoms with Crippen molar-refractivity contribution in [3.05, 3.63) is 65.0 Å². The van der Waals surface area contributed by atoms with Gasteiger partial charge in [-0.2, -0.15) is 0 Å². The highest BCUT2D eigenvalue weighted by molar-refractivity contribution is 5.29. The van der Waals surface area contributed by atoms with Crippen LogP contribution in [0.3, 0.4) is 0 Å². The zero-order valence-corrected chi connectivity index (χ0v) is 12.0. The minimum atomic E-state index is 0.285. The van der Waals surface area contributed by atoms with Crippen LogP contribution in [0, 0.1) is 13.8 Å². The molecule has 0 saturated heterocycles. The standard InChI is InChI=1S/C17H22N2/c1-4-18-16(17-14(3)9-7-11-19-17)12-15-10-6-5-8-13(15)2/h5-11,16,18H,4,12H2,1-3H3. The fourth-order valence-corrected chi connectivity index (χ4v) is 2.43. The van der Waals surface area contributed by atoms with Gasteiger partial charge in [0.25, 0.3) is 0 Å². The molecule has 2 aromatic rings. The Hall–Kier alpha value is -1.67. The molecule has 0 saturated carbocycles. The van der Waals surface area contributed by atoms with Crippen molar-refractivity contribution in [1.82, 2.24) is 10.3 Å². The summed E-state index contributed by atoms with van der Waals surface area (Å²) >= 11 is 0. The van der Waals surface area contributed by atoms with E-state index in [4.69, 9.17) is 0 Å². The normalized spacial score (nSPS) is 12.4. The Morgan fingerprint density at radius 2 is 1.79 bits per heavy atom. The van der Waals surface area contributed by atoms with Gasteiger partial charge in [-0.1, -0.05) is 37.3 Å². The molecule has 2 heteroatoms. The number of aryl methyl sites for hydroxylation is 2. The van der Waals surface area contributed by atoms with Crippen molar-refractivity contribution in [3.8, 4) is 0 Å². The number of nitrogens with zero attached hydrogens (tertiary/aromatic N) is 1. The predicted molar refractivity (Wildman–Crippen MR) is 80.3 cm³/mol. The minimum absolute atomic E-state index is 0.285. The Labute approximate surface area is 115 Å². The van der Waals surface area contributed by atoms with Crippen molar-refractivity contribution in [2.24, 2.45) is 0 Å². The maximum absolute atomic E-state index is 4.56. The Morgan fingerprint density at radius 3 is 2.47 bits per heavy atom. The van der Waals surface area contributed by atoms with Crippen molar-refractivity contribution in [3.63, 3.8) is 0 Å². The fourth-order valence-electron chi connectivity index (χ4n) is 2.43. The van der Waals surface area contributed by atoms with Gasteiger partial charge in [-0.25, -0.2) is 0 Å². The van der Waals surface area contributed by atoms with Gasteiger partial charge < -0.3 is 5.32 Å². The van der Waals surface area contributed by atoms with Crippen LogP contribution in [0.1, 0.15) is 35.3 Å². The lowest BCUT2D eigenvalue weighted by Gasteiger charge is -2.20. The Kier molecular flexibility index (Phi) is 4.69. The number of likely N-dealkylation sites (N-methyl/N-ethyl adjacent to an activating group) is 1. The van der Waals surface area contributed by atoms with E-state index in [9.17, 15) is 0 Å². The van der Waals surface area contributed by atoms with Crippen LogP contribution in [0.5, 0.6) is 0 Å². The maximum atomic E-state index is 4.56. The van der Waals surface area contributed by atoms with Gasteiger partial charge in [0, 0.05) is 6.20 Å². The molecule has 1 aromatic heterocycles. The van der Waals surface area contributed by atoms with E-state index in [1.54, 1.807) is 0 Å². The van der Waals surface area contributed by atoms with Crippen LogP contribution in [0.4, 0.5) is 0 Å². The molecule has 100 valence electrons. The van der Waals surface area contributed by atoms with E-state index < -0.39 is 0 Å². The number of hydrogen-bond acceptors (Lipinski definition) is 2. The van der Waals surface area contributed by atoms with Gasteiger partial charge in [-0.05, 0) is 49.6 Å². The first-order valence-corrected chi connectivity index (χ1v) is 6.91. The summed E-state index contributed by atoms with van der Waals surface area (Å²) in [5, 5.41) is 3.55. The molecule has 0 fully saturated rings. The summed E-state index contributed by atoms with van der Waals surface area (Å²) < 4.78 is 0. The molecule has 0 aliphatic carbocycles. The lowest BCUT2D eigenvalue weighted by Crippen LogP contribution is -2.25. The van der Waals surface area contributed by atoms with Crippen LogP contribution in [0.15, 0.2) is 42.6 Å². The van der Waals surface area contributed by atoms with Crippen LogP contribution < -0.4 is 5.32 Å². The SMILES string of the molecule is CCNC(Cc1ccccc1C)c1ncccc1C. The van der Waals surface area contributed by atoms with Crippen LogP contribution in [-0.2, 0) is 6.42 Å². The minimum Gasteiger partial charge on any atom is -0.309 e. The smallest absolute Gasteiger partial charge is 0.0605 e.